The van der Waals surface area contributed by atoms with Gasteiger partial charge in [0, 0.05) is 21.7 Å². The number of halogens is 1. The van der Waals surface area contributed by atoms with Gasteiger partial charge in [-0.1, -0.05) is 71.1 Å². The van der Waals surface area contributed by atoms with Gasteiger partial charge in [-0.25, -0.2) is 4.98 Å². The van der Waals surface area contributed by atoms with Crippen LogP contribution in [0.1, 0.15) is 0 Å². The van der Waals surface area contributed by atoms with Crippen LogP contribution >= 0.6 is 46.0 Å². The number of thioether (sulfide) groups is 1. The molecule has 11 heteroatoms. The zero-order valence-corrected chi connectivity index (χ0v) is 21.8. The number of nitrogens with one attached hydrogen (secondary N) is 2. The number of ether oxygens (including phenoxy) is 1. The summed E-state index contributed by atoms with van der Waals surface area (Å²) in [5.74, 6) is 1.55. The Morgan fingerprint density at radius 3 is 2.47 bits per heavy atom. The molecule has 0 bridgehead atoms. The van der Waals surface area contributed by atoms with E-state index in [0.717, 1.165) is 28.4 Å². The van der Waals surface area contributed by atoms with Gasteiger partial charge in [-0.15, -0.1) is 21.5 Å². The van der Waals surface area contributed by atoms with Gasteiger partial charge in [0.05, 0.1) is 11.4 Å². The molecule has 0 unspecified atom stereocenters. The molecule has 0 fully saturated rings. The van der Waals surface area contributed by atoms with Crippen LogP contribution in [0.4, 0.5) is 16.0 Å². The van der Waals surface area contributed by atoms with E-state index in [2.05, 4.69) is 25.8 Å². The van der Waals surface area contributed by atoms with Gasteiger partial charge in [0.15, 0.2) is 9.47 Å². The van der Waals surface area contributed by atoms with E-state index in [1.165, 1.54) is 34.4 Å². The van der Waals surface area contributed by atoms with Crippen LogP contribution in [0.2, 0.25) is 5.02 Å². The highest BCUT2D eigenvalue weighted by Crippen LogP contribution is 2.31. The molecule has 2 heterocycles. The van der Waals surface area contributed by atoms with E-state index in [1.54, 1.807) is 0 Å². The van der Waals surface area contributed by atoms with Gasteiger partial charge in [-0.05, 0) is 42.5 Å². The Kier molecular flexibility index (Phi) is 7.77. The van der Waals surface area contributed by atoms with Gasteiger partial charge in [0.25, 0.3) is 0 Å². The second-order valence-corrected chi connectivity index (χ2v) is 10.8. The number of thiazole rings is 1. The summed E-state index contributed by atoms with van der Waals surface area (Å²) in [6.07, 6.45) is 0. The summed E-state index contributed by atoms with van der Waals surface area (Å²) in [7, 11) is 0. The molecule has 0 aliphatic rings. The van der Waals surface area contributed by atoms with Crippen molar-refractivity contribution in [3.8, 4) is 22.8 Å². The SMILES string of the molecule is O=C(CSc1nnc(Nc2ccc(Oc3ccccc3)cc2)s1)Nc1nc(-c2ccccc2Cl)cs1. The zero-order chi connectivity index (χ0) is 24.7. The van der Waals surface area contributed by atoms with Crippen molar-refractivity contribution in [1.29, 1.82) is 0 Å². The molecule has 1 amide bonds. The minimum Gasteiger partial charge on any atom is -0.457 e. The number of hydrogen-bond acceptors (Lipinski definition) is 9. The van der Waals surface area contributed by atoms with E-state index >= 15 is 0 Å². The maximum atomic E-state index is 12.4. The molecule has 0 saturated carbocycles. The molecule has 0 atom stereocenters. The first-order valence-electron chi connectivity index (χ1n) is 10.7. The predicted molar refractivity (Wildman–Crippen MR) is 148 cm³/mol. The summed E-state index contributed by atoms with van der Waals surface area (Å²) in [6, 6.07) is 24.7. The quantitative estimate of drug-likeness (QED) is 0.182. The van der Waals surface area contributed by atoms with Gasteiger partial charge >= 0.3 is 0 Å². The molecular formula is C25H18ClN5O2S3. The minimum atomic E-state index is -0.168. The van der Waals surface area contributed by atoms with Crippen LogP contribution in [-0.4, -0.2) is 26.8 Å². The lowest BCUT2D eigenvalue weighted by atomic mass is 10.2. The molecule has 0 aliphatic heterocycles. The van der Waals surface area contributed by atoms with Crippen LogP contribution < -0.4 is 15.4 Å². The standard InChI is InChI=1S/C25H18ClN5O2S3/c26-20-9-5-4-8-19(20)21-14-34-23(28-21)29-22(32)15-35-25-31-30-24(36-25)27-16-10-12-18(13-11-16)33-17-6-2-1-3-7-17/h1-14H,15H2,(H,27,30)(H,28,29,32). The highest BCUT2D eigenvalue weighted by molar-refractivity contribution is 8.01. The highest BCUT2D eigenvalue weighted by Gasteiger charge is 2.12. The number of carbonyl (C=O) groups is 1. The molecule has 180 valence electrons. The molecule has 2 N–H and O–H groups in total. The number of para-hydroxylation sites is 1. The van der Waals surface area contributed by atoms with Gasteiger partial charge in [-0.2, -0.15) is 0 Å². The van der Waals surface area contributed by atoms with Crippen molar-refractivity contribution in [2.24, 2.45) is 0 Å². The first-order chi connectivity index (χ1) is 17.6. The van der Waals surface area contributed by atoms with Crippen molar-refractivity contribution in [2.75, 3.05) is 16.4 Å². The Hall–Kier alpha value is -3.44. The molecule has 0 spiro atoms. The molecule has 0 aliphatic carbocycles. The number of hydrogen-bond donors (Lipinski definition) is 2. The zero-order valence-electron chi connectivity index (χ0n) is 18.6. The van der Waals surface area contributed by atoms with Crippen LogP contribution in [0.25, 0.3) is 11.3 Å². The Bertz CT molecular complexity index is 1460. The summed E-state index contributed by atoms with van der Waals surface area (Å²) in [5.41, 5.74) is 2.42. The Balaban J connectivity index is 1.11. The van der Waals surface area contributed by atoms with Crippen LogP contribution in [0.3, 0.4) is 0 Å². The van der Waals surface area contributed by atoms with Crippen molar-refractivity contribution in [3.05, 3.63) is 89.3 Å². The maximum absolute atomic E-state index is 12.4. The van der Waals surface area contributed by atoms with E-state index in [9.17, 15) is 4.79 Å². The van der Waals surface area contributed by atoms with Gasteiger partial charge in [0.2, 0.25) is 11.0 Å². The summed E-state index contributed by atoms with van der Waals surface area (Å²) >= 11 is 10.3. The Morgan fingerprint density at radius 1 is 0.917 bits per heavy atom. The summed E-state index contributed by atoms with van der Waals surface area (Å²) < 4.78 is 6.50. The van der Waals surface area contributed by atoms with Gasteiger partial charge in [-0.3, -0.25) is 4.79 Å². The Labute approximate surface area is 224 Å². The number of aromatic nitrogens is 3. The average Bonchev–Trinajstić information content (AvgIpc) is 3.54. The van der Waals surface area contributed by atoms with Crippen molar-refractivity contribution >= 4 is 67.9 Å². The van der Waals surface area contributed by atoms with E-state index in [0.29, 0.717) is 19.6 Å². The summed E-state index contributed by atoms with van der Waals surface area (Å²) in [4.78, 5) is 16.9. The predicted octanol–water partition coefficient (Wildman–Crippen LogP) is 7.58. The fourth-order valence-electron chi connectivity index (χ4n) is 3.08. The van der Waals surface area contributed by atoms with E-state index in [-0.39, 0.29) is 11.7 Å². The number of anilines is 3. The monoisotopic (exact) mass is 551 g/mol. The largest absolute Gasteiger partial charge is 0.457 e. The first-order valence-corrected chi connectivity index (χ1v) is 13.7. The third-order valence-electron chi connectivity index (χ3n) is 4.72. The van der Waals surface area contributed by atoms with Crippen molar-refractivity contribution in [3.63, 3.8) is 0 Å². The van der Waals surface area contributed by atoms with Crippen LogP contribution in [0.5, 0.6) is 11.5 Å². The summed E-state index contributed by atoms with van der Waals surface area (Å²) in [6.45, 7) is 0. The number of nitrogens with zero attached hydrogens (tertiary/aromatic N) is 3. The highest BCUT2D eigenvalue weighted by atomic mass is 35.5. The molecule has 5 rings (SSSR count). The lowest BCUT2D eigenvalue weighted by Gasteiger charge is -2.06. The average molecular weight is 552 g/mol. The smallest absolute Gasteiger partial charge is 0.236 e. The lowest BCUT2D eigenvalue weighted by molar-refractivity contribution is -0.113. The maximum Gasteiger partial charge on any atom is 0.236 e. The van der Waals surface area contributed by atoms with E-state index < -0.39 is 0 Å². The fourth-order valence-corrected chi connectivity index (χ4v) is 5.61. The topological polar surface area (TPSA) is 89.0 Å². The molecule has 2 aromatic heterocycles. The van der Waals surface area contributed by atoms with Crippen LogP contribution in [0.15, 0.2) is 88.6 Å². The normalized spacial score (nSPS) is 10.7. The third kappa shape index (κ3) is 6.41. The van der Waals surface area contributed by atoms with Gasteiger partial charge < -0.3 is 15.4 Å². The Morgan fingerprint density at radius 2 is 1.67 bits per heavy atom. The number of benzene rings is 3. The number of rotatable bonds is 9. The third-order valence-corrected chi connectivity index (χ3v) is 7.78. The fraction of sp³-hybridized carbons (Fsp3) is 0.0400. The first kappa shape index (κ1) is 24.3. The second-order valence-electron chi connectivity index (χ2n) is 7.29. The van der Waals surface area contributed by atoms with E-state index in [4.69, 9.17) is 16.3 Å². The minimum absolute atomic E-state index is 0.168. The van der Waals surface area contributed by atoms with E-state index in [1.807, 2.05) is 84.2 Å². The second kappa shape index (κ2) is 11.5. The molecule has 0 radical (unpaired) electrons. The molecular weight excluding hydrogens is 534 g/mol. The van der Waals surface area contributed by atoms with Crippen molar-refractivity contribution in [1.82, 2.24) is 15.2 Å². The van der Waals surface area contributed by atoms with Crippen molar-refractivity contribution in [2.45, 2.75) is 4.34 Å². The van der Waals surface area contributed by atoms with Crippen molar-refractivity contribution < 1.29 is 9.53 Å². The molecule has 36 heavy (non-hydrogen) atoms. The number of carbonyl (C=O) groups excluding carboxylic acids is 1. The summed E-state index contributed by atoms with van der Waals surface area (Å²) in [5, 5.41) is 18.0. The molecule has 5 aromatic rings. The van der Waals surface area contributed by atoms with Crippen LogP contribution in [0, 0.1) is 0 Å². The lowest BCUT2D eigenvalue weighted by Crippen LogP contribution is -2.13. The van der Waals surface area contributed by atoms with Crippen LogP contribution in [-0.2, 0) is 4.79 Å². The molecule has 3 aromatic carbocycles. The van der Waals surface area contributed by atoms with Gasteiger partial charge in [0.1, 0.15) is 11.5 Å². The molecule has 0 saturated heterocycles. The molecule has 7 nitrogen and oxygen atoms in total. The number of amides is 1.